The summed E-state index contributed by atoms with van der Waals surface area (Å²) in [4.78, 5) is 13.4. The van der Waals surface area contributed by atoms with Crippen molar-refractivity contribution in [1.82, 2.24) is 4.90 Å². The van der Waals surface area contributed by atoms with Gasteiger partial charge in [0.1, 0.15) is 0 Å². The van der Waals surface area contributed by atoms with Crippen molar-refractivity contribution >= 4 is 5.97 Å². The Morgan fingerprint density at radius 2 is 1.95 bits per heavy atom. The van der Waals surface area contributed by atoms with E-state index in [-0.39, 0.29) is 17.4 Å². The average Bonchev–Trinajstić information content (AvgIpc) is 2.38. The molecule has 1 aliphatic rings. The van der Waals surface area contributed by atoms with Crippen LogP contribution in [0.15, 0.2) is 0 Å². The molecule has 0 amide bonds. The van der Waals surface area contributed by atoms with Crippen molar-refractivity contribution in [2.45, 2.75) is 70.8 Å². The molecule has 1 N–H and O–H groups in total. The normalized spacial score (nSPS) is 18.8. The molecule has 0 aromatic carbocycles. The molecule has 0 aliphatic heterocycles. The molecule has 0 bridgehead atoms. The van der Waals surface area contributed by atoms with Crippen LogP contribution >= 0.6 is 0 Å². The molecule has 20 heavy (non-hydrogen) atoms. The van der Waals surface area contributed by atoms with Gasteiger partial charge in [0.25, 0.3) is 0 Å². The summed E-state index contributed by atoms with van der Waals surface area (Å²) >= 11 is 0. The number of aliphatic carboxylic acids is 1. The van der Waals surface area contributed by atoms with Gasteiger partial charge >= 0.3 is 5.97 Å². The van der Waals surface area contributed by atoms with Crippen molar-refractivity contribution < 1.29 is 9.90 Å². The molecule has 1 saturated carbocycles. The Hall–Kier alpha value is -1.08. The largest absolute Gasteiger partial charge is 0.481 e. The highest BCUT2D eigenvalue weighted by Gasteiger charge is 2.37. The lowest BCUT2D eigenvalue weighted by atomic mass is 9.78. The molecule has 0 aromatic rings. The van der Waals surface area contributed by atoms with Gasteiger partial charge in [-0.3, -0.25) is 4.79 Å². The quantitative estimate of drug-likeness (QED) is 0.776. The predicted molar refractivity (Wildman–Crippen MR) is 79.3 cm³/mol. The van der Waals surface area contributed by atoms with Crippen molar-refractivity contribution in [2.75, 3.05) is 13.6 Å². The Morgan fingerprint density at radius 1 is 1.35 bits per heavy atom. The number of rotatable bonds is 7. The second kappa shape index (κ2) is 7.08. The summed E-state index contributed by atoms with van der Waals surface area (Å²) in [5.74, 6) is -0.698. The van der Waals surface area contributed by atoms with Crippen molar-refractivity contribution in [3.05, 3.63) is 0 Å². The van der Waals surface area contributed by atoms with Gasteiger partial charge < -0.3 is 10.0 Å². The van der Waals surface area contributed by atoms with Crippen molar-refractivity contribution in [3.63, 3.8) is 0 Å². The first-order valence-corrected chi connectivity index (χ1v) is 7.66. The van der Waals surface area contributed by atoms with E-state index in [0.717, 1.165) is 45.1 Å². The summed E-state index contributed by atoms with van der Waals surface area (Å²) in [6.45, 7) is 4.79. The molecular formula is C16H28N2O2. The zero-order chi connectivity index (χ0) is 15.2. The fraction of sp³-hybridized carbons (Fsp3) is 0.875. The lowest BCUT2D eigenvalue weighted by molar-refractivity contribution is -0.141. The van der Waals surface area contributed by atoms with Gasteiger partial charge in [-0.1, -0.05) is 19.3 Å². The summed E-state index contributed by atoms with van der Waals surface area (Å²) in [5.41, 5.74) is -0.450. The van der Waals surface area contributed by atoms with E-state index in [9.17, 15) is 9.90 Å². The molecule has 1 fully saturated rings. The summed E-state index contributed by atoms with van der Waals surface area (Å²) < 4.78 is 0. The Balaban J connectivity index is 2.58. The third-order valence-corrected chi connectivity index (χ3v) is 4.67. The van der Waals surface area contributed by atoms with Gasteiger partial charge in [-0.2, -0.15) is 5.26 Å². The van der Waals surface area contributed by atoms with E-state index in [1.807, 2.05) is 20.9 Å². The summed E-state index contributed by atoms with van der Waals surface area (Å²) in [7, 11) is 2.05. The smallest absolute Gasteiger partial charge is 0.305 e. The van der Waals surface area contributed by atoms with Crippen molar-refractivity contribution in [1.29, 1.82) is 5.26 Å². The van der Waals surface area contributed by atoms with E-state index in [1.165, 1.54) is 6.42 Å². The highest BCUT2D eigenvalue weighted by atomic mass is 16.4. The third kappa shape index (κ3) is 4.79. The highest BCUT2D eigenvalue weighted by Crippen LogP contribution is 2.36. The molecule has 4 nitrogen and oxygen atoms in total. The Kier molecular flexibility index (Phi) is 6.01. The van der Waals surface area contributed by atoms with E-state index >= 15 is 0 Å². The first kappa shape index (κ1) is 17.0. The van der Waals surface area contributed by atoms with E-state index in [1.54, 1.807) is 0 Å². The van der Waals surface area contributed by atoms with Gasteiger partial charge in [-0.25, -0.2) is 0 Å². The van der Waals surface area contributed by atoms with Crippen LogP contribution < -0.4 is 0 Å². The minimum atomic E-state index is -0.698. The molecule has 0 heterocycles. The second-order valence-corrected chi connectivity index (χ2v) is 6.88. The first-order valence-electron chi connectivity index (χ1n) is 7.66. The van der Waals surface area contributed by atoms with Crippen molar-refractivity contribution in [2.24, 2.45) is 5.41 Å². The van der Waals surface area contributed by atoms with Gasteiger partial charge in [-0.05, 0) is 53.1 Å². The monoisotopic (exact) mass is 280 g/mol. The van der Waals surface area contributed by atoms with Crippen LogP contribution in [0.3, 0.4) is 0 Å². The molecular weight excluding hydrogens is 252 g/mol. The molecule has 1 aliphatic carbocycles. The Bertz CT molecular complexity index is 365. The summed E-state index contributed by atoms with van der Waals surface area (Å²) in [5, 5.41) is 18.2. The Morgan fingerprint density at radius 3 is 2.45 bits per heavy atom. The number of nitriles is 1. The molecule has 0 radical (unpaired) electrons. The zero-order valence-corrected chi connectivity index (χ0v) is 13.1. The van der Waals surface area contributed by atoms with Gasteiger partial charge in [-0.15, -0.1) is 0 Å². The number of nitrogens with zero attached hydrogens (tertiary/aromatic N) is 2. The topological polar surface area (TPSA) is 64.3 Å². The molecule has 0 spiro atoms. The summed E-state index contributed by atoms with van der Waals surface area (Å²) in [6, 6.07) is 2.32. The fourth-order valence-corrected chi connectivity index (χ4v) is 3.24. The molecule has 1 rings (SSSR count). The van der Waals surface area contributed by atoms with E-state index < -0.39 is 5.97 Å². The van der Waals surface area contributed by atoms with E-state index in [2.05, 4.69) is 11.0 Å². The number of hydrogen-bond donors (Lipinski definition) is 1. The standard InChI is InChI=1S/C16H28N2O2/c1-15(2,13-17)8-7-11-18(3)16(12-14(19)20)9-5-4-6-10-16/h4-12H2,1-3H3,(H,19,20). The lowest BCUT2D eigenvalue weighted by Crippen LogP contribution is -2.49. The van der Waals surface area contributed by atoms with Gasteiger partial charge in [0.05, 0.1) is 17.9 Å². The minimum Gasteiger partial charge on any atom is -0.481 e. The molecule has 114 valence electrons. The minimum absolute atomic E-state index is 0.166. The molecule has 4 heteroatoms. The van der Waals surface area contributed by atoms with Crippen LogP contribution in [-0.2, 0) is 4.79 Å². The molecule has 0 unspecified atom stereocenters. The third-order valence-electron chi connectivity index (χ3n) is 4.67. The molecule has 0 saturated heterocycles. The van der Waals surface area contributed by atoms with E-state index in [4.69, 9.17) is 5.26 Å². The Labute approximate surface area is 122 Å². The zero-order valence-electron chi connectivity index (χ0n) is 13.1. The fourth-order valence-electron chi connectivity index (χ4n) is 3.24. The lowest BCUT2D eigenvalue weighted by Gasteiger charge is -2.44. The maximum Gasteiger partial charge on any atom is 0.305 e. The van der Waals surface area contributed by atoms with Gasteiger partial charge in [0.15, 0.2) is 0 Å². The maximum atomic E-state index is 11.2. The van der Waals surface area contributed by atoms with Crippen LogP contribution in [0.5, 0.6) is 0 Å². The number of hydrogen-bond acceptors (Lipinski definition) is 3. The first-order chi connectivity index (χ1) is 9.31. The van der Waals surface area contributed by atoms with Crippen molar-refractivity contribution in [3.8, 4) is 6.07 Å². The van der Waals surface area contributed by atoms with Crippen LogP contribution in [0.25, 0.3) is 0 Å². The van der Waals surface area contributed by atoms with Crippen LogP contribution in [-0.4, -0.2) is 35.1 Å². The highest BCUT2D eigenvalue weighted by molar-refractivity contribution is 5.68. The second-order valence-electron chi connectivity index (χ2n) is 6.88. The number of carboxylic acids is 1. The van der Waals surface area contributed by atoms with Crippen LogP contribution in [0.1, 0.15) is 65.2 Å². The van der Waals surface area contributed by atoms with Gasteiger partial charge in [0, 0.05) is 5.54 Å². The van der Waals surface area contributed by atoms with Crippen LogP contribution in [0.4, 0.5) is 0 Å². The SMILES string of the molecule is CN(CCCC(C)(C)C#N)C1(CC(=O)O)CCCCC1. The number of carboxylic acid groups (broad SMARTS) is 1. The molecule has 0 aromatic heterocycles. The average molecular weight is 280 g/mol. The predicted octanol–water partition coefficient (Wildman–Crippen LogP) is 3.43. The maximum absolute atomic E-state index is 11.2. The van der Waals surface area contributed by atoms with Crippen LogP contribution in [0, 0.1) is 16.7 Å². The van der Waals surface area contributed by atoms with E-state index in [0.29, 0.717) is 0 Å². The number of carbonyl (C=O) groups is 1. The molecule has 0 atom stereocenters. The summed E-state index contributed by atoms with van der Waals surface area (Å²) in [6.07, 6.45) is 7.48. The van der Waals surface area contributed by atoms with Gasteiger partial charge in [0.2, 0.25) is 0 Å². The van der Waals surface area contributed by atoms with Crippen LogP contribution in [0.2, 0.25) is 0 Å².